The van der Waals surface area contributed by atoms with Gasteiger partial charge in [-0.2, -0.15) is 0 Å². The number of hydrogen-bond donors (Lipinski definition) is 6. The molecule has 6 N–H and O–H groups in total. The van der Waals surface area contributed by atoms with Crippen molar-refractivity contribution < 1.29 is 58.7 Å². The molecule has 0 spiro atoms. The van der Waals surface area contributed by atoms with Crippen LogP contribution in [0.5, 0.6) is 0 Å². The highest BCUT2D eigenvalue weighted by Crippen LogP contribution is 2.40. The molecule has 2 aromatic heterocycles. The van der Waals surface area contributed by atoms with Gasteiger partial charge in [-0.15, -0.1) is 5.10 Å². The van der Waals surface area contributed by atoms with E-state index in [4.69, 9.17) is 40.0 Å². The van der Waals surface area contributed by atoms with Crippen molar-refractivity contribution in [3.63, 3.8) is 0 Å². The first kappa shape index (κ1) is 58.4. The Balaban J connectivity index is 1.26. The zero-order valence-electron chi connectivity index (χ0n) is 45.0. The molecule has 18 atom stereocenters. The summed E-state index contributed by atoms with van der Waals surface area (Å²) < 4.78 is 40.1. The number of likely N-dealkylation sites (N-methyl/N-ethyl adjacent to an activating group) is 1. The number of methoxy groups -OCH3 is 1. The molecule has 0 saturated carbocycles. The van der Waals surface area contributed by atoms with E-state index in [1.54, 1.807) is 34.6 Å². The number of H-pyrrole nitrogens is 1. The minimum atomic E-state index is -1.88. The lowest BCUT2D eigenvalue weighted by Crippen LogP contribution is -2.60. The monoisotopic (exact) mass is 1030 g/mol. The molecule has 3 fully saturated rings. The lowest BCUT2D eigenvalue weighted by molar-refractivity contribution is -0.318. The van der Waals surface area contributed by atoms with Crippen LogP contribution in [-0.2, 0) is 52.6 Å². The largest absolute Gasteiger partial charge is 0.459 e. The molecule has 3 saturated heterocycles. The third kappa shape index (κ3) is 13.6. The number of cyclic esters (lactones) is 1. The summed E-state index contributed by atoms with van der Waals surface area (Å²) in [7, 11) is 5.29. The molecule has 1 aromatic carbocycles. The van der Waals surface area contributed by atoms with Gasteiger partial charge in [-0.3, -0.25) is 14.4 Å². The normalized spacial score (nSPS) is 39.2. The van der Waals surface area contributed by atoms with Gasteiger partial charge >= 0.3 is 5.97 Å². The molecule has 3 aliphatic rings. The first-order valence-electron chi connectivity index (χ1n) is 26.2. The minimum Gasteiger partial charge on any atom is -0.459 e. The maximum Gasteiger partial charge on any atom is 0.311 e. The third-order valence-electron chi connectivity index (χ3n) is 16.1. The topological polar surface area (TPSA) is 227 Å². The number of nitrogens with one attached hydrogen (secondary N) is 1. The van der Waals surface area contributed by atoms with E-state index in [9.17, 15) is 30.3 Å². The van der Waals surface area contributed by atoms with Crippen LogP contribution < -0.4 is 0 Å². The summed E-state index contributed by atoms with van der Waals surface area (Å²) in [6, 6.07) is 4.89. The number of carbonyl (C=O) groups excluding carboxylic acids is 1. The van der Waals surface area contributed by atoms with Crippen LogP contribution in [0.4, 0.5) is 0 Å². The number of aliphatic hydroxyl groups excluding tert-OH is 3. The Morgan fingerprint density at radius 1 is 0.958 bits per heavy atom. The van der Waals surface area contributed by atoms with E-state index < -0.39 is 96.0 Å². The number of aryl methyl sites for hydroxylation is 3. The highest BCUT2D eigenvalue weighted by atomic mass is 35.5. The molecule has 0 amide bonds. The van der Waals surface area contributed by atoms with Crippen molar-refractivity contribution in [2.75, 3.05) is 34.3 Å². The zero-order chi connectivity index (χ0) is 53.0. The van der Waals surface area contributed by atoms with Crippen LogP contribution in [0, 0.1) is 17.8 Å². The van der Waals surface area contributed by atoms with Crippen LogP contribution in [0.2, 0.25) is 5.02 Å². The van der Waals surface area contributed by atoms with Crippen LogP contribution in [0.3, 0.4) is 0 Å². The van der Waals surface area contributed by atoms with Crippen molar-refractivity contribution in [1.82, 2.24) is 29.8 Å². The van der Waals surface area contributed by atoms with Gasteiger partial charge < -0.3 is 63.8 Å². The maximum atomic E-state index is 14.6. The summed E-state index contributed by atoms with van der Waals surface area (Å²) >= 11 is 6.28. The fourth-order valence-electron chi connectivity index (χ4n) is 11.7. The van der Waals surface area contributed by atoms with Crippen molar-refractivity contribution >= 4 is 28.5 Å². The first-order valence-corrected chi connectivity index (χ1v) is 26.6. The molecule has 18 nitrogen and oxygen atoms in total. The molecule has 3 aliphatic heterocycles. The molecule has 0 bridgehead atoms. The SMILES string of the molecule is CC[C@H]1OC(=O)[C@H](C)[C@@H](O[C@H]2C[C@@](C)(OC)[C@@H](O)[C@H](C)O2)[C@H](C)[C@@H](O[C@@H]2O[C@H](C)C[C@H](N(C)C)[C@H]2O)[C@](C)(O)C[C@@H](C)CN(CCCCc2cn(CCc3c[nH]c4ccc(Cl)cc34)nn2)[C@H](C)[C@@H](O)[C@]1(C)O. The van der Waals surface area contributed by atoms with Crippen LogP contribution >= 0.6 is 11.6 Å². The van der Waals surface area contributed by atoms with Crippen LogP contribution in [0.25, 0.3) is 10.9 Å². The van der Waals surface area contributed by atoms with Crippen LogP contribution in [-0.4, -0.2) is 186 Å². The molecule has 0 unspecified atom stereocenters. The predicted octanol–water partition coefficient (Wildman–Crippen LogP) is 5.26. The molecule has 0 radical (unpaired) electrons. The Morgan fingerprint density at radius 2 is 1.68 bits per heavy atom. The number of unbranched alkanes of at least 4 members (excludes halogenated alkanes) is 1. The van der Waals surface area contributed by atoms with Crippen molar-refractivity contribution in [2.24, 2.45) is 17.8 Å². The fraction of sp³-hybridized carbons (Fsp3) is 0.792. The Kier molecular flexibility index (Phi) is 19.8. The van der Waals surface area contributed by atoms with Crippen molar-refractivity contribution in [2.45, 2.75) is 217 Å². The Labute approximate surface area is 431 Å². The number of esters is 1. The van der Waals surface area contributed by atoms with Crippen molar-refractivity contribution in [1.29, 1.82) is 0 Å². The Morgan fingerprint density at radius 3 is 2.36 bits per heavy atom. The van der Waals surface area contributed by atoms with Gasteiger partial charge in [0.25, 0.3) is 0 Å². The van der Waals surface area contributed by atoms with Crippen molar-refractivity contribution in [3.8, 4) is 0 Å². The smallest absolute Gasteiger partial charge is 0.311 e. The summed E-state index contributed by atoms with van der Waals surface area (Å²) in [5.41, 5.74) is -1.51. The molecule has 72 heavy (non-hydrogen) atoms. The average molecular weight is 1040 g/mol. The van der Waals surface area contributed by atoms with E-state index in [2.05, 4.69) is 20.2 Å². The van der Waals surface area contributed by atoms with Gasteiger partial charge in [0.15, 0.2) is 12.6 Å². The molecule has 0 aliphatic carbocycles. The second-order valence-corrected chi connectivity index (χ2v) is 22.8. The summed E-state index contributed by atoms with van der Waals surface area (Å²) in [6.45, 7) is 19.4. The van der Waals surface area contributed by atoms with Gasteiger partial charge in [-0.05, 0) is 144 Å². The van der Waals surface area contributed by atoms with Gasteiger partial charge in [0.05, 0.1) is 47.2 Å². The summed E-state index contributed by atoms with van der Waals surface area (Å²) in [5.74, 6) is -2.76. The zero-order valence-corrected chi connectivity index (χ0v) is 45.8. The predicted molar refractivity (Wildman–Crippen MR) is 273 cm³/mol. The molecule has 5 heterocycles. The lowest BCUT2D eigenvalue weighted by atomic mass is 9.77. The molecule has 6 rings (SSSR count). The Bertz CT molecular complexity index is 2190. The molecular weight excluding hydrogens is 948 g/mol. The highest BCUT2D eigenvalue weighted by molar-refractivity contribution is 6.31. The lowest BCUT2D eigenvalue weighted by Gasteiger charge is -2.48. The second-order valence-electron chi connectivity index (χ2n) is 22.4. The van der Waals surface area contributed by atoms with Gasteiger partial charge in [-0.1, -0.05) is 37.6 Å². The number of carbonyl (C=O) groups is 1. The number of aliphatic hydroxyl groups is 5. The van der Waals surface area contributed by atoms with E-state index in [0.29, 0.717) is 37.5 Å². The number of ether oxygens (including phenoxy) is 6. The average Bonchev–Trinajstić information content (AvgIpc) is 3.96. The van der Waals surface area contributed by atoms with Gasteiger partial charge in [0, 0.05) is 72.9 Å². The number of aromatic amines is 1. The van der Waals surface area contributed by atoms with E-state index in [0.717, 1.165) is 41.4 Å². The summed E-state index contributed by atoms with van der Waals surface area (Å²) in [6.07, 6.45) is -1.83. The number of hydrogen-bond acceptors (Lipinski definition) is 16. The summed E-state index contributed by atoms with van der Waals surface area (Å²) in [5, 5.41) is 70.9. The highest BCUT2D eigenvalue weighted by Gasteiger charge is 2.53. The molecule has 408 valence electrons. The molecular formula is C53H87ClN6O12. The number of aromatic nitrogens is 4. The quantitative estimate of drug-likeness (QED) is 0.0843. The third-order valence-corrected chi connectivity index (χ3v) is 16.3. The van der Waals surface area contributed by atoms with E-state index >= 15 is 0 Å². The van der Waals surface area contributed by atoms with E-state index in [1.165, 1.54) is 14.0 Å². The molecule has 3 aromatic rings. The number of benzene rings is 1. The number of rotatable bonds is 15. The minimum absolute atomic E-state index is 0.112. The van der Waals surface area contributed by atoms with Crippen LogP contribution in [0.15, 0.2) is 30.6 Å². The number of halogens is 1. The first-order chi connectivity index (χ1) is 33.8. The van der Waals surface area contributed by atoms with Crippen LogP contribution in [0.1, 0.15) is 119 Å². The molecule has 19 heteroatoms. The van der Waals surface area contributed by atoms with Crippen molar-refractivity contribution in [3.05, 3.63) is 46.9 Å². The number of fused-ring (bicyclic) bond motifs is 1. The van der Waals surface area contributed by atoms with E-state index in [-0.39, 0.29) is 37.3 Å². The standard InChI is InChI=1S/C53H87ClN6O12/c1-14-42-53(10,66)46(62)34(6)59(21-16-15-17-38-29-60(57-56-38)22-20-36-27-55-40-19-18-37(54)24-39(36)40)28-30(2)25-51(8,65)48(72-50-44(61)41(58(11)12)23-31(3)68-50)32(4)45(33(5)49(64)70-42)71-43-26-52(9,67-13)47(63)35(7)69-43/h18-19,24,27,29-35,41-48,50,55,61-63,65-66H,14-17,20-23,25-26,28H2,1-13H3/t30-,31-,32+,33-,34-,35+,41+,42-,43+,44-,45+,46-,47+,48-,50+,51-,52-,53-/m1/s1. The van der Waals surface area contributed by atoms with E-state index in [1.807, 2.05) is 82.0 Å². The maximum absolute atomic E-state index is 14.6. The Hall–Kier alpha value is -2.82. The summed E-state index contributed by atoms with van der Waals surface area (Å²) in [4.78, 5) is 22.0. The fourth-order valence-corrected chi connectivity index (χ4v) is 11.8. The van der Waals surface area contributed by atoms with Gasteiger partial charge in [-0.25, -0.2) is 0 Å². The van der Waals surface area contributed by atoms with Gasteiger partial charge in [0.1, 0.15) is 30.0 Å². The number of nitrogens with zero attached hydrogens (tertiary/aromatic N) is 5. The van der Waals surface area contributed by atoms with Gasteiger partial charge in [0.2, 0.25) is 0 Å². The second kappa shape index (κ2) is 24.5.